The zero-order chi connectivity index (χ0) is 26.0. The summed E-state index contributed by atoms with van der Waals surface area (Å²) in [6.45, 7) is 1.66. The second kappa shape index (κ2) is 8.45. The van der Waals surface area contributed by atoms with Crippen LogP contribution in [0.5, 0.6) is 0 Å². The van der Waals surface area contributed by atoms with Crippen molar-refractivity contribution in [3.05, 3.63) is 83.8 Å². The zero-order valence-corrected chi connectivity index (χ0v) is 21.0. The molecule has 1 atom stereocenters. The van der Waals surface area contributed by atoms with E-state index in [2.05, 4.69) is 25.4 Å². The van der Waals surface area contributed by atoms with Gasteiger partial charge in [-0.2, -0.15) is 5.10 Å². The Morgan fingerprint density at radius 1 is 0.974 bits per heavy atom. The Labute approximate surface area is 218 Å². The van der Waals surface area contributed by atoms with Crippen LogP contribution in [0, 0.1) is 11.6 Å². The van der Waals surface area contributed by atoms with Crippen LogP contribution >= 0.6 is 11.3 Å². The number of benzene rings is 2. The molecule has 0 saturated heterocycles. The van der Waals surface area contributed by atoms with Gasteiger partial charge < -0.3 is 0 Å². The first-order valence-electron chi connectivity index (χ1n) is 11.8. The standard InChI is InChI=1S/C27H18F2N8S/c1-14(24-20(28)8-21-18(25(24)29)7-15(9-30-21)16-10-32-36(2)12-16)37-27-26(34-35-37)31-11-22(33-27)19-13-38-23-6-4-3-5-17(19)23/h3-14H,1-2H3. The maximum atomic E-state index is 16.0. The average molecular weight is 525 g/mol. The Morgan fingerprint density at radius 2 is 1.84 bits per heavy atom. The van der Waals surface area contributed by atoms with Gasteiger partial charge in [-0.05, 0) is 19.1 Å². The van der Waals surface area contributed by atoms with E-state index in [0.717, 1.165) is 21.2 Å². The molecule has 0 N–H and O–H groups in total. The van der Waals surface area contributed by atoms with E-state index in [1.165, 1.54) is 10.7 Å². The molecule has 0 aliphatic carbocycles. The summed E-state index contributed by atoms with van der Waals surface area (Å²) in [4.78, 5) is 13.5. The van der Waals surface area contributed by atoms with Crippen LogP contribution in [0.3, 0.4) is 0 Å². The summed E-state index contributed by atoms with van der Waals surface area (Å²) in [5.74, 6) is -1.43. The number of nitrogens with zero attached hydrogens (tertiary/aromatic N) is 8. The minimum Gasteiger partial charge on any atom is -0.275 e. The van der Waals surface area contributed by atoms with Crippen molar-refractivity contribution >= 4 is 43.6 Å². The van der Waals surface area contributed by atoms with Crippen LogP contribution in [0.2, 0.25) is 0 Å². The van der Waals surface area contributed by atoms with E-state index in [0.29, 0.717) is 22.6 Å². The SMILES string of the molecule is CC(c1c(F)cc2ncc(-c3cnn(C)c3)cc2c1F)n1nnc2ncc(-c3csc4ccccc34)nc21. The number of fused-ring (bicyclic) bond motifs is 3. The molecule has 0 bridgehead atoms. The lowest BCUT2D eigenvalue weighted by Crippen LogP contribution is -2.14. The lowest BCUT2D eigenvalue weighted by atomic mass is 10.0. The summed E-state index contributed by atoms with van der Waals surface area (Å²) >= 11 is 1.61. The van der Waals surface area contributed by atoms with E-state index >= 15 is 8.78 Å². The average Bonchev–Trinajstić information content (AvgIpc) is 3.66. The van der Waals surface area contributed by atoms with Gasteiger partial charge in [0.2, 0.25) is 5.65 Å². The molecule has 0 spiro atoms. The molecule has 7 aromatic rings. The second-order valence-electron chi connectivity index (χ2n) is 9.04. The highest BCUT2D eigenvalue weighted by molar-refractivity contribution is 7.17. The number of aromatic nitrogens is 8. The highest BCUT2D eigenvalue weighted by Crippen LogP contribution is 2.35. The Bertz CT molecular complexity index is 2010. The molecule has 38 heavy (non-hydrogen) atoms. The molecule has 0 amide bonds. The van der Waals surface area contributed by atoms with Gasteiger partial charge in [-0.1, -0.05) is 23.4 Å². The van der Waals surface area contributed by atoms with Crippen molar-refractivity contribution in [3.63, 3.8) is 0 Å². The van der Waals surface area contributed by atoms with E-state index in [1.54, 1.807) is 54.6 Å². The Hall–Kier alpha value is -4.64. The van der Waals surface area contributed by atoms with Gasteiger partial charge in [0.25, 0.3) is 0 Å². The van der Waals surface area contributed by atoms with Gasteiger partial charge in [-0.3, -0.25) is 9.67 Å². The molecular formula is C27H18F2N8S. The second-order valence-corrected chi connectivity index (χ2v) is 9.95. The fourth-order valence-electron chi connectivity index (χ4n) is 4.74. The number of hydrogen-bond donors (Lipinski definition) is 0. The number of pyridine rings is 1. The molecule has 5 heterocycles. The maximum Gasteiger partial charge on any atom is 0.221 e. The van der Waals surface area contributed by atoms with Crippen LogP contribution in [-0.4, -0.2) is 39.7 Å². The normalized spacial score (nSPS) is 12.6. The summed E-state index contributed by atoms with van der Waals surface area (Å²) in [6, 6.07) is 10.1. The summed E-state index contributed by atoms with van der Waals surface area (Å²) in [6.07, 6.45) is 6.70. The fraction of sp³-hybridized carbons (Fsp3) is 0.111. The summed E-state index contributed by atoms with van der Waals surface area (Å²) < 4.78 is 35.5. The van der Waals surface area contributed by atoms with Gasteiger partial charge in [0.15, 0.2) is 5.65 Å². The van der Waals surface area contributed by atoms with Gasteiger partial charge in [-0.15, -0.1) is 16.4 Å². The minimum absolute atomic E-state index is 0.150. The molecule has 2 aromatic carbocycles. The highest BCUT2D eigenvalue weighted by Gasteiger charge is 2.25. The molecule has 7 rings (SSSR count). The van der Waals surface area contributed by atoms with Crippen LogP contribution in [0.25, 0.3) is 54.7 Å². The molecule has 0 fully saturated rings. The van der Waals surface area contributed by atoms with Crippen LogP contribution in [0.1, 0.15) is 18.5 Å². The van der Waals surface area contributed by atoms with Crippen molar-refractivity contribution in [2.75, 3.05) is 0 Å². The first-order chi connectivity index (χ1) is 18.5. The Morgan fingerprint density at radius 3 is 2.68 bits per heavy atom. The van der Waals surface area contributed by atoms with E-state index in [9.17, 15) is 0 Å². The smallest absolute Gasteiger partial charge is 0.221 e. The first-order valence-corrected chi connectivity index (χ1v) is 12.7. The molecule has 0 aliphatic rings. The molecule has 11 heteroatoms. The predicted molar refractivity (Wildman–Crippen MR) is 142 cm³/mol. The highest BCUT2D eigenvalue weighted by atomic mass is 32.1. The van der Waals surface area contributed by atoms with Crippen LogP contribution in [0.15, 0.2) is 66.6 Å². The summed E-state index contributed by atoms with van der Waals surface area (Å²) in [5.41, 5.74) is 3.73. The third kappa shape index (κ3) is 3.46. The lowest BCUT2D eigenvalue weighted by molar-refractivity contribution is 0.484. The van der Waals surface area contributed by atoms with Gasteiger partial charge >= 0.3 is 0 Å². The monoisotopic (exact) mass is 524 g/mol. The number of hydrogen-bond acceptors (Lipinski definition) is 7. The van der Waals surface area contributed by atoms with Crippen molar-refractivity contribution in [1.29, 1.82) is 0 Å². The zero-order valence-electron chi connectivity index (χ0n) is 20.2. The molecule has 1 unspecified atom stereocenters. The lowest BCUT2D eigenvalue weighted by Gasteiger charge is -2.16. The van der Waals surface area contributed by atoms with E-state index in [4.69, 9.17) is 4.98 Å². The number of halogens is 2. The topological polar surface area (TPSA) is 87.2 Å². The van der Waals surface area contributed by atoms with Crippen molar-refractivity contribution in [2.45, 2.75) is 13.0 Å². The molecule has 0 radical (unpaired) electrons. The molecular weight excluding hydrogens is 506 g/mol. The Balaban J connectivity index is 1.35. The largest absolute Gasteiger partial charge is 0.275 e. The number of rotatable bonds is 4. The molecule has 186 valence electrons. The van der Waals surface area contributed by atoms with Crippen molar-refractivity contribution in [3.8, 4) is 22.4 Å². The van der Waals surface area contributed by atoms with Crippen LogP contribution < -0.4 is 0 Å². The number of aryl methyl sites for hydroxylation is 1. The van der Waals surface area contributed by atoms with E-state index in [-0.39, 0.29) is 16.5 Å². The Kier molecular flexibility index (Phi) is 5.02. The summed E-state index contributed by atoms with van der Waals surface area (Å²) in [5, 5.41) is 15.7. The quantitative estimate of drug-likeness (QED) is 0.283. The maximum absolute atomic E-state index is 16.0. The molecule has 0 saturated carbocycles. The van der Waals surface area contributed by atoms with Crippen LogP contribution in [0.4, 0.5) is 8.78 Å². The minimum atomic E-state index is -0.852. The van der Waals surface area contributed by atoms with Gasteiger partial charge in [0.05, 0.1) is 29.6 Å². The number of thiophene rings is 1. The first kappa shape index (κ1) is 22.5. The van der Waals surface area contributed by atoms with Crippen molar-refractivity contribution in [1.82, 2.24) is 39.7 Å². The molecule has 5 aromatic heterocycles. The summed E-state index contributed by atoms with van der Waals surface area (Å²) in [7, 11) is 1.80. The van der Waals surface area contributed by atoms with E-state index < -0.39 is 17.7 Å². The molecule has 8 nitrogen and oxygen atoms in total. The van der Waals surface area contributed by atoms with E-state index in [1.807, 2.05) is 35.8 Å². The predicted octanol–water partition coefficient (Wildman–Crippen LogP) is 5.94. The van der Waals surface area contributed by atoms with Gasteiger partial charge in [0.1, 0.15) is 11.6 Å². The van der Waals surface area contributed by atoms with Gasteiger partial charge in [-0.25, -0.2) is 23.4 Å². The van der Waals surface area contributed by atoms with Crippen molar-refractivity contribution < 1.29 is 8.78 Å². The van der Waals surface area contributed by atoms with Crippen molar-refractivity contribution in [2.24, 2.45) is 7.05 Å². The third-order valence-corrected chi connectivity index (χ3v) is 7.64. The van der Waals surface area contributed by atoms with Crippen LogP contribution in [-0.2, 0) is 7.05 Å². The third-order valence-electron chi connectivity index (χ3n) is 6.68. The molecule has 0 aliphatic heterocycles. The van der Waals surface area contributed by atoms with Gasteiger partial charge in [0, 0.05) is 68.6 Å². The fourth-order valence-corrected chi connectivity index (χ4v) is 5.70.